The molecule has 2 aliphatic heterocycles. The standard InChI is InChI=1S/C12H22N2OS/c1-9-5-6-10(15-9)8-14-7-3-2-4-11(14)12(13)16/h9-11H,2-8H2,1H3,(H2,13,16). The molecule has 0 aromatic carbocycles. The first-order chi connectivity index (χ1) is 7.66. The molecule has 2 aliphatic rings. The van der Waals surface area contributed by atoms with E-state index in [1.165, 1.54) is 25.7 Å². The zero-order valence-corrected chi connectivity index (χ0v) is 10.8. The Hall–Kier alpha value is -0.190. The monoisotopic (exact) mass is 242 g/mol. The van der Waals surface area contributed by atoms with Crippen LogP contribution in [0.2, 0.25) is 0 Å². The van der Waals surface area contributed by atoms with Gasteiger partial charge in [0.15, 0.2) is 0 Å². The van der Waals surface area contributed by atoms with Crippen molar-refractivity contribution in [3.63, 3.8) is 0 Å². The molecule has 2 saturated heterocycles. The minimum Gasteiger partial charge on any atom is -0.392 e. The summed E-state index contributed by atoms with van der Waals surface area (Å²) in [5, 5.41) is 0. The third-order valence-corrected chi connectivity index (χ3v) is 3.97. The third kappa shape index (κ3) is 2.93. The van der Waals surface area contributed by atoms with E-state index in [0.717, 1.165) is 19.5 Å². The van der Waals surface area contributed by atoms with E-state index in [-0.39, 0.29) is 0 Å². The average Bonchev–Trinajstić information content (AvgIpc) is 2.64. The molecule has 0 amide bonds. The smallest absolute Gasteiger partial charge is 0.0902 e. The van der Waals surface area contributed by atoms with Gasteiger partial charge >= 0.3 is 0 Å². The van der Waals surface area contributed by atoms with Crippen molar-refractivity contribution in [2.75, 3.05) is 13.1 Å². The lowest BCUT2D eigenvalue weighted by molar-refractivity contribution is 0.0221. The summed E-state index contributed by atoms with van der Waals surface area (Å²) < 4.78 is 5.87. The lowest BCUT2D eigenvalue weighted by Crippen LogP contribution is -2.49. The van der Waals surface area contributed by atoms with Crippen LogP contribution >= 0.6 is 12.2 Å². The highest BCUT2D eigenvalue weighted by atomic mass is 32.1. The second kappa shape index (κ2) is 5.43. The summed E-state index contributed by atoms with van der Waals surface area (Å²) in [4.78, 5) is 3.08. The summed E-state index contributed by atoms with van der Waals surface area (Å²) >= 11 is 5.15. The van der Waals surface area contributed by atoms with Gasteiger partial charge in [-0.25, -0.2) is 0 Å². The van der Waals surface area contributed by atoms with Crippen molar-refractivity contribution in [3.05, 3.63) is 0 Å². The van der Waals surface area contributed by atoms with Crippen molar-refractivity contribution >= 4 is 17.2 Å². The predicted octanol–water partition coefficient (Wildman–Crippen LogP) is 1.69. The molecule has 2 heterocycles. The Morgan fingerprint density at radius 2 is 2.19 bits per heavy atom. The van der Waals surface area contributed by atoms with Gasteiger partial charge in [-0.2, -0.15) is 0 Å². The number of ether oxygens (including phenoxy) is 1. The lowest BCUT2D eigenvalue weighted by Gasteiger charge is -2.36. The van der Waals surface area contributed by atoms with Crippen molar-refractivity contribution in [3.8, 4) is 0 Å². The van der Waals surface area contributed by atoms with Crippen molar-refractivity contribution < 1.29 is 4.74 Å². The molecule has 16 heavy (non-hydrogen) atoms. The van der Waals surface area contributed by atoms with Crippen LogP contribution in [0.4, 0.5) is 0 Å². The van der Waals surface area contributed by atoms with E-state index >= 15 is 0 Å². The first kappa shape index (κ1) is 12.3. The van der Waals surface area contributed by atoms with E-state index in [4.69, 9.17) is 22.7 Å². The molecule has 3 nitrogen and oxygen atoms in total. The minimum absolute atomic E-state index is 0.309. The van der Waals surface area contributed by atoms with Gasteiger partial charge in [0.25, 0.3) is 0 Å². The van der Waals surface area contributed by atoms with Crippen LogP contribution in [0.25, 0.3) is 0 Å². The van der Waals surface area contributed by atoms with Gasteiger partial charge in [0.05, 0.1) is 23.2 Å². The van der Waals surface area contributed by atoms with Crippen molar-refractivity contribution in [2.24, 2.45) is 5.73 Å². The number of rotatable bonds is 3. The largest absolute Gasteiger partial charge is 0.392 e. The molecule has 0 aliphatic carbocycles. The highest BCUT2D eigenvalue weighted by molar-refractivity contribution is 7.80. The number of nitrogens with zero attached hydrogens (tertiary/aromatic N) is 1. The van der Waals surface area contributed by atoms with Gasteiger partial charge < -0.3 is 10.5 Å². The maximum Gasteiger partial charge on any atom is 0.0902 e. The number of thiocarbonyl (C=S) groups is 1. The number of nitrogens with two attached hydrogens (primary N) is 1. The number of hydrogen-bond donors (Lipinski definition) is 1. The molecular weight excluding hydrogens is 220 g/mol. The summed E-state index contributed by atoms with van der Waals surface area (Å²) in [7, 11) is 0. The fraction of sp³-hybridized carbons (Fsp3) is 0.917. The maximum absolute atomic E-state index is 5.87. The average molecular weight is 242 g/mol. The highest BCUT2D eigenvalue weighted by Crippen LogP contribution is 2.23. The van der Waals surface area contributed by atoms with Crippen molar-refractivity contribution in [1.29, 1.82) is 0 Å². The Morgan fingerprint density at radius 1 is 1.38 bits per heavy atom. The Morgan fingerprint density at radius 3 is 2.81 bits per heavy atom. The Bertz CT molecular complexity index is 259. The predicted molar refractivity (Wildman–Crippen MR) is 69.6 cm³/mol. The maximum atomic E-state index is 5.87. The number of likely N-dealkylation sites (tertiary alicyclic amines) is 1. The Kier molecular flexibility index (Phi) is 4.16. The molecule has 0 radical (unpaired) electrons. The summed E-state index contributed by atoms with van der Waals surface area (Å²) in [6.45, 7) is 4.28. The first-order valence-electron chi connectivity index (χ1n) is 6.35. The molecular formula is C12H22N2OS. The quantitative estimate of drug-likeness (QED) is 0.765. The van der Waals surface area contributed by atoms with Crippen LogP contribution < -0.4 is 5.73 Å². The molecule has 2 N–H and O–H groups in total. The zero-order chi connectivity index (χ0) is 11.5. The molecule has 2 rings (SSSR count). The van der Waals surface area contributed by atoms with Crippen molar-refractivity contribution in [2.45, 2.75) is 57.3 Å². The zero-order valence-electron chi connectivity index (χ0n) is 10.0. The molecule has 4 heteroatoms. The molecule has 0 aromatic rings. The van der Waals surface area contributed by atoms with Crippen molar-refractivity contribution in [1.82, 2.24) is 4.90 Å². The highest BCUT2D eigenvalue weighted by Gasteiger charge is 2.29. The van der Waals surface area contributed by atoms with E-state index in [1.807, 2.05) is 0 Å². The van der Waals surface area contributed by atoms with Gasteiger partial charge in [-0.1, -0.05) is 18.6 Å². The first-order valence-corrected chi connectivity index (χ1v) is 6.76. The van der Waals surface area contributed by atoms with E-state index < -0.39 is 0 Å². The van der Waals surface area contributed by atoms with Gasteiger partial charge in [0.2, 0.25) is 0 Å². The van der Waals surface area contributed by atoms with Crippen LogP contribution in [0.15, 0.2) is 0 Å². The van der Waals surface area contributed by atoms with E-state index in [9.17, 15) is 0 Å². The van der Waals surface area contributed by atoms with Crippen LogP contribution in [0.5, 0.6) is 0 Å². The molecule has 0 saturated carbocycles. The second-order valence-corrected chi connectivity index (χ2v) is 5.53. The SMILES string of the molecule is CC1CCC(CN2CCCCC2C(N)=S)O1. The molecule has 3 unspecified atom stereocenters. The summed E-state index contributed by atoms with van der Waals surface area (Å²) in [5.41, 5.74) is 5.81. The van der Waals surface area contributed by atoms with E-state index in [2.05, 4.69) is 11.8 Å². The van der Waals surface area contributed by atoms with Gasteiger partial charge in [0.1, 0.15) is 0 Å². The summed E-state index contributed by atoms with van der Waals surface area (Å²) in [5.74, 6) is 0. The van der Waals surface area contributed by atoms with E-state index in [0.29, 0.717) is 23.2 Å². The van der Waals surface area contributed by atoms with Gasteiger partial charge in [-0.15, -0.1) is 0 Å². The molecule has 0 spiro atoms. The minimum atomic E-state index is 0.309. The van der Waals surface area contributed by atoms with Crippen LogP contribution in [-0.4, -0.2) is 41.2 Å². The molecule has 2 fully saturated rings. The molecule has 92 valence electrons. The fourth-order valence-corrected chi connectivity index (χ4v) is 3.08. The Balaban J connectivity index is 1.88. The summed E-state index contributed by atoms with van der Waals surface area (Å²) in [6.07, 6.45) is 6.83. The van der Waals surface area contributed by atoms with Gasteiger partial charge in [-0.05, 0) is 39.2 Å². The molecule has 3 atom stereocenters. The topological polar surface area (TPSA) is 38.5 Å². The Labute approximate surface area is 103 Å². The van der Waals surface area contributed by atoms with Crippen LogP contribution in [-0.2, 0) is 4.74 Å². The lowest BCUT2D eigenvalue weighted by atomic mass is 10.0. The number of hydrogen-bond acceptors (Lipinski definition) is 3. The second-order valence-electron chi connectivity index (χ2n) is 5.05. The summed E-state index contributed by atoms with van der Waals surface area (Å²) in [6, 6.07) is 0.309. The fourth-order valence-electron chi connectivity index (χ4n) is 2.81. The normalized spacial score (nSPS) is 36.4. The van der Waals surface area contributed by atoms with Gasteiger partial charge in [0, 0.05) is 6.54 Å². The number of piperidine rings is 1. The van der Waals surface area contributed by atoms with E-state index in [1.54, 1.807) is 0 Å². The van der Waals surface area contributed by atoms with Crippen LogP contribution in [0.1, 0.15) is 39.0 Å². The molecule has 0 bridgehead atoms. The molecule has 0 aromatic heterocycles. The van der Waals surface area contributed by atoms with Crippen LogP contribution in [0, 0.1) is 0 Å². The van der Waals surface area contributed by atoms with Crippen LogP contribution in [0.3, 0.4) is 0 Å². The third-order valence-electron chi connectivity index (χ3n) is 3.70. The van der Waals surface area contributed by atoms with Gasteiger partial charge in [-0.3, -0.25) is 4.90 Å².